The Hall–Kier alpha value is -4.55. The number of nitrogen functional groups attached to an aromatic ring is 1. The van der Waals surface area contributed by atoms with Gasteiger partial charge in [-0.25, -0.2) is 4.98 Å². The molecule has 4 atom stereocenters. The number of nitrogens with one attached hydrogen (secondary N) is 1. The molecule has 42 heavy (non-hydrogen) atoms. The van der Waals surface area contributed by atoms with Gasteiger partial charge in [-0.1, -0.05) is 72.8 Å². The molecule has 3 aromatic carbocycles. The van der Waals surface area contributed by atoms with Crippen LogP contribution in [0, 0.1) is 0 Å². The van der Waals surface area contributed by atoms with Crippen molar-refractivity contribution in [1.82, 2.24) is 19.5 Å². The van der Waals surface area contributed by atoms with Crippen LogP contribution < -0.4 is 16.0 Å². The average Bonchev–Trinajstić information content (AvgIpc) is 3.58. The van der Waals surface area contributed by atoms with E-state index in [0.717, 1.165) is 16.7 Å². The quantitative estimate of drug-likeness (QED) is 0.206. The molecule has 1 aliphatic heterocycles. The second-order valence-electron chi connectivity index (χ2n) is 10.1. The summed E-state index contributed by atoms with van der Waals surface area (Å²) in [6.07, 6.45) is -2.04. The van der Waals surface area contributed by atoms with E-state index in [9.17, 15) is 15.0 Å². The molecule has 5 N–H and O–H groups in total. The smallest absolute Gasteiger partial charge is 0.280 e. The Labute approximate surface area is 241 Å². The lowest BCUT2D eigenvalue weighted by Crippen LogP contribution is -2.61. The minimum atomic E-state index is -1.73. The number of H-pyrrole nitrogens is 1. The number of aliphatic hydroxyl groups is 2. The van der Waals surface area contributed by atoms with Crippen molar-refractivity contribution < 1.29 is 24.4 Å². The number of fused-ring (bicyclic) bond motifs is 1. The van der Waals surface area contributed by atoms with E-state index in [1.165, 1.54) is 13.4 Å². The predicted molar refractivity (Wildman–Crippen MR) is 155 cm³/mol. The van der Waals surface area contributed by atoms with Crippen LogP contribution in [0.3, 0.4) is 0 Å². The molecule has 6 rings (SSSR count). The Kier molecular flexibility index (Phi) is 7.03. The first-order chi connectivity index (χ1) is 20.4. The number of benzene rings is 3. The lowest BCUT2D eigenvalue weighted by atomic mass is 9.60. The molecule has 3 heterocycles. The molecule has 11 nitrogen and oxygen atoms in total. The molecule has 2 aromatic heterocycles. The Bertz CT molecular complexity index is 1700. The molecule has 11 heteroatoms. The van der Waals surface area contributed by atoms with Gasteiger partial charge in [0.05, 0.1) is 25.5 Å². The van der Waals surface area contributed by atoms with Gasteiger partial charge < -0.3 is 30.2 Å². The van der Waals surface area contributed by atoms with Gasteiger partial charge in [0.1, 0.15) is 24.1 Å². The van der Waals surface area contributed by atoms with Gasteiger partial charge >= 0.3 is 0 Å². The van der Waals surface area contributed by atoms with E-state index >= 15 is 0 Å². The number of nitrogens with zero attached hydrogens (tertiary/aromatic N) is 3. The normalized spacial score (nSPS) is 22.4. The van der Waals surface area contributed by atoms with E-state index in [-0.39, 0.29) is 17.1 Å². The van der Waals surface area contributed by atoms with Crippen molar-refractivity contribution in [3.8, 4) is 5.75 Å². The van der Waals surface area contributed by atoms with Gasteiger partial charge in [-0.15, -0.1) is 0 Å². The number of methoxy groups -OCH3 is 2. The summed E-state index contributed by atoms with van der Waals surface area (Å²) in [6, 6.07) is 26.8. The first-order valence-corrected chi connectivity index (χ1v) is 13.4. The van der Waals surface area contributed by atoms with Crippen LogP contribution in [-0.2, 0) is 20.6 Å². The zero-order valence-corrected chi connectivity index (χ0v) is 23.0. The Morgan fingerprint density at radius 2 is 1.60 bits per heavy atom. The van der Waals surface area contributed by atoms with E-state index in [1.54, 1.807) is 11.7 Å². The third-order valence-electron chi connectivity index (χ3n) is 8.10. The Balaban J connectivity index is 1.86. The largest absolute Gasteiger partial charge is 0.497 e. The second kappa shape index (κ2) is 10.7. The summed E-state index contributed by atoms with van der Waals surface area (Å²) in [5.41, 5.74) is 4.89. The van der Waals surface area contributed by atoms with Crippen LogP contribution in [0.4, 0.5) is 5.95 Å². The van der Waals surface area contributed by atoms with Crippen LogP contribution in [-0.4, -0.2) is 68.9 Å². The summed E-state index contributed by atoms with van der Waals surface area (Å²) >= 11 is 0. The molecule has 0 unspecified atom stereocenters. The zero-order chi connectivity index (χ0) is 29.5. The maximum atomic E-state index is 13.0. The van der Waals surface area contributed by atoms with Crippen LogP contribution in [0.15, 0.2) is 96.1 Å². The molecule has 0 amide bonds. The van der Waals surface area contributed by atoms with Gasteiger partial charge in [-0.3, -0.25) is 14.3 Å². The van der Waals surface area contributed by atoms with Crippen LogP contribution in [0.2, 0.25) is 0 Å². The number of hydrogen-bond acceptors (Lipinski definition) is 9. The maximum Gasteiger partial charge on any atom is 0.280 e. The summed E-state index contributed by atoms with van der Waals surface area (Å²) in [6.45, 7) is -0.506. The van der Waals surface area contributed by atoms with Crippen molar-refractivity contribution in [3.63, 3.8) is 0 Å². The first kappa shape index (κ1) is 27.6. The zero-order valence-electron chi connectivity index (χ0n) is 23.0. The fraction of sp³-hybridized carbons (Fsp3) is 0.258. The molecule has 0 spiro atoms. The lowest BCUT2D eigenvalue weighted by molar-refractivity contribution is -0.182. The fourth-order valence-electron chi connectivity index (χ4n) is 6.42. The van der Waals surface area contributed by atoms with Crippen molar-refractivity contribution in [2.75, 3.05) is 26.6 Å². The summed E-state index contributed by atoms with van der Waals surface area (Å²) in [4.78, 5) is 24.4. The molecular formula is C31H31N5O6. The number of rotatable bonds is 8. The van der Waals surface area contributed by atoms with Crippen LogP contribution in [0.25, 0.3) is 11.2 Å². The van der Waals surface area contributed by atoms with E-state index in [4.69, 9.17) is 19.9 Å². The predicted octanol–water partition coefficient (Wildman–Crippen LogP) is 2.16. The van der Waals surface area contributed by atoms with Crippen molar-refractivity contribution in [3.05, 3.63) is 118 Å². The summed E-state index contributed by atoms with van der Waals surface area (Å²) in [7, 11) is 3.06. The molecule has 1 saturated heterocycles. The number of ether oxygens (including phenoxy) is 3. The second-order valence-corrected chi connectivity index (χ2v) is 10.1. The number of aliphatic hydroxyl groups excluding tert-OH is 2. The number of hydrogen-bond donors (Lipinski definition) is 4. The van der Waals surface area contributed by atoms with Crippen LogP contribution in [0.1, 0.15) is 16.7 Å². The highest BCUT2D eigenvalue weighted by molar-refractivity contribution is 5.72. The van der Waals surface area contributed by atoms with E-state index in [1.807, 2.05) is 84.9 Å². The monoisotopic (exact) mass is 569 g/mol. The highest BCUT2D eigenvalue weighted by Gasteiger charge is 2.69. The third-order valence-corrected chi connectivity index (χ3v) is 8.10. The highest BCUT2D eigenvalue weighted by atomic mass is 16.6. The first-order valence-electron chi connectivity index (χ1n) is 13.4. The van der Waals surface area contributed by atoms with Crippen molar-refractivity contribution in [2.24, 2.45) is 0 Å². The van der Waals surface area contributed by atoms with E-state index < -0.39 is 41.6 Å². The minimum absolute atomic E-state index is 0.0220. The molecular weight excluding hydrogens is 538 g/mol. The Morgan fingerprint density at radius 1 is 1.00 bits per heavy atom. The van der Waals surface area contributed by atoms with E-state index in [2.05, 4.69) is 15.0 Å². The van der Waals surface area contributed by atoms with Crippen LogP contribution >= 0.6 is 0 Å². The molecule has 0 bridgehead atoms. The molecule has 0 aliphatic carbocycles. The number of imidazole rings is 1. The fourth-order valence-corrected chi connectivity index (χ4v) is 6.42. The van der Waals surface area contributed by atoms with Crippen molar-refractivity contribution in [1.29, 1.82) is 0 Å². The summed E-state index contributed by atoms with van der Waals surface area (Å²) in [5, 5.41) is 22.1. The maximum absolute atomic E-state index is 13.0. The molecule has 5 aromatic rings. The minimum Gasteiger partial charge on any atom is -0.497 e. The molecule has 216 valence electrons. The highest BCUT2D eigenvalue weighted by Crippen LogP contribution is 2.58. The molecule has 1 aliphatic rings. The van der Waals surface area contributed by atoms with E-state index in [0.29, 0.717) is 5.75 Å². The summed E-state index contributed by atoms with van der Waals surface area (Å²) < 4.78 is 20.1. The molecule has 1 fully saturated rings. The lowest BCUT2D eigenvalue weighted by Gasteiger charge is -2.52. The number of anilines is 1. The number of nitrogens with two attached hydrogens (primary N) is 1. The topological polar surface area (TPSA) is 158 Å². The molecule has 0 saturated carbocycles. The summed E-state index contributed by atoms with van der Waals surface area (Å²) in [5.74, 6) is 0.519. The number of aromatic nitrogens is 4. The van der Waals surface area contributed by atoms with Gasteiger partial charge in [0, 0.05) is 7.11 Å². The average molecular weight is 570 g/mol. The standard InChI is InChI=1S/C31H31N5O6/c1-40-22-15-13-21(14-16-22)30(19-9-5-3-6-10-19,20-11-7-4-8-12-20)31(26(41-2)25(38)23(17-37)42-31)36-18-33-24-27(36)34-29(32)35-28(24)39/h3-16,18,23,25-26,37-38H,17H2,1-2H3,(H3,32,34,35,39)/t23-,25-,26-,31+/m1/s1. The molecule has 0 radical (unpaired) electrons. The third kappa shape index (κ3) is 3.86. The van der Waals surface area contributed by atoms with Gasteiger partial charge in [0.15, 0.2) is 16.9 Å². The number of aromatic amines is 1. The SMILES string of the molecule is COc1ccc(C(c2ccccc2)(c2ccccc2)[C@@]2(n3cnc4c(=O)[nH]c(N)nc43)O[C@H](CO)[C@@H](O)[C@H]2OC)cc1. The van der Waals surface area contributed by atoms with Gasteiger partial charge in [-0.05, 0) is 28.8 Å². The van der Waals surface area contributed by atoms with Gasteiger partial charge in [0.25, 0.3) is 5.56 Å². The Morgan fingerprint density at radius 3 is 2.14 bits per heavy atom. The van der Waals surface area contributed by atoms with Crippen LogP contribution in [0.5, 0.6) is 5.75 Å². The van der Waals surface area contributed by atoms with Gasteiger partial charge in [-0.2, -0.15) is 4.98 Å². The van der Waals surface area contributed by atoms with Crippen molar-refractivity contribution in [2.45, 2.75) is 29.5 Å². The van der Waals surface area contributed by atoms with Gasteiger partial charge in [0.2, 0.25) is 5.95 Å². The van der Waals surface area contributed by atoms with Crippen molar-refractivity contribution >= 4 is 17.1 Å².